The van der Waals surface area contributed by atoms with E-state index in [0.717, 1.165) is 15.0 Å². The maximum Gasteiger partial charge on any atom is 0.124 e. The highest BCUT2D eigenvalue weighted by atomic mass is 79.9. The number of fused-ring (bicyclic) bond motifs is 1. The number of rotatable bonds is 7. The monoisotopic (exact) mass is 387 g/mol. The molecule has 2 aromatic carbocycles. The molecule has 0 aliphatic carbocycles. The first kappa shape index (κ1) is 16.7. The number of halogens is 1. The highest BCUT2D eigenvalue weighted by Crippen LogP contribution is 2.32. The molecule has 3 aromatic rings. The topological polar surface area (TPSA) is 12.9 Å². The van der Waals surface area contributed by atoms with Crippen LogP contribution in [0.25, 0.3) is 20.8 Å². The van der Waals surface area contributed by atoms with Gasteiger partial charge in [-0.25, -0.2) is 4.98 Å². The van der Waals surface area contributed by atoms with E-state index in [-0.39, 0.29) is 0 Å². The molecule has 1 heterocycles. The van der Waals surface area contributed by atoms with E-state index in [4.69, 9.17) is 4.98 Å². The summed E-state index contributed by atoms with van der Waals surface area (Å²) < 4.78 is 2.34. The molecule has 1 aromatic heterocycles. The van der Waals surface area contributed by atoms with Crippen molar-refractivity contribution in [2.75, 3.05) is 0 Å². The Hall–Kier alpha value is -1.19. The lowest BCUT2D eigenvalue weighted by molar-refractivity contribution is 0.632. The van der Waals surface area contributed by atoms with Crippen LogP contribution in [0.4, 0.5) is 0 Å². The average Bonchev–Trinajstić information content (AvgIpc) is 2.98. The Labute approximate surface area is 150 Å². The molecule has 3 heteroatoms. The number of hydrogen-bond donors (Lipinski definition) is 0. The molecule has 0 saturated carbocycles. The molecule has 0 bridgehead atoms. The lowest BCUT2D eigenvalue weighted by Crippen LogP contribution is -1.86. The lowest BCUT2D eigenvalue weighted by atomic mass is 10.0. The summed E-state index contributed by atoms with van der Waals surface area (Å²) in [6.07, 6.45) is 7.89. The fraction of sp³-hybridized carbons (Fsp3) is 0.350. The summed E-state index contributed by atoms with van der Waals surface area (Å²) >= 11 is 5.28. The van der Waals surface area contributed by atoms with Gasteiger partial charge in [0.2, 0.25) is 0 Å². The zero-order valence-corrected chi connectivity index (χ0v) is 15.9. The molecule has 0 N–H and O–H groups in total. The number of aromatic nitrogens is 1. The van der Waals surface area contributed by atoms with Gasteiger partial charge in [-0.05, 0) is 36.6 Å². The summed E-state index contributed by atoms with van der Waals surface area (Å²) in [6.45, 7) is 2.26. The normalized spacial score (nSPS) is 11.2. The Morgan fingerprint density at radius 2 is 1.74 bits per heavy atom. The Balaban J connectivity index is 1.66. The summed E-state index contributed by atoms with van der Waals surface area (Å²) in [4.78, 5) is 4.75. The second kappa shape index (κ2) is 8.07. The molecule has 3 rings (SSSR count). The van der Waals surface area contributed by atoms with E-state index in [1.165, 1.54) is 54.4 Å². The highest BCUT2D eigenvalue weighted by molar-refractivity contribution is 9.10. The first-order chi connectivity index (χ1) is 11.3. The molecule has 0 amide bonds. The predicted molar refractivity (Wildman–Crippen MR) is 105 cm³/mol. The van der Waals surface area contributed by atoms with Crippen molar-refractivity contribution in [1.82, 2.24) is 4.98 Å². The van der Waals surface area contributed by atoms with Crippen LogP contribution < -0.4 is 0 Å². The van der Waals surface area contributed by atoms with Gasteiger partial charge in [0.05, 0.1) is 10.2 Å². The van der Waals surface area contributed by atoms with E-state index >= 15 is 0 Å². The minimum atomic E-state index is 1.08. The van der Waals surface area contributed by atoms with E-state index < -0.39 is 0 Å². The standard InChI is InChI=1S/C20H22BrNS/c1-2-3-4-5-6-7-15-8-10-16(11-9-15)20-22-18-13-12-17(21)14-19(18)23-20/h8-14H,2-7H2,1H3. The Kier molecular flexibility index (Phi) is 5.85. The van der Waals surface area contributed by atoms with Gasteiger partial charge in [0.25, 0.3) is 0 Å². The second-order valence-electron chi connectivity index (χ2n) is 5.99. The van der Waals surface area contributed by atoms with Crippen molar-refractivity contribution in [1.29, 1.82) is 0 Å². The Morgan fingerprint density at radius 1 is 0.957 bits per heavy atom. The minimum Gasteiger partial charge on any atom is -0.236 e. The van der Waals surface area contributed by atoms with Crippen LogP contribution in [-0.4, -0.2) is 4.98 Å². The summed E-state index contributed by atoms with van der Waals surface area (Å²) in [5.41, 5.74) is 3.74. The predicted octanol–water partition coefficient (Wildman–Crippen LogP) is 7.24. The molecule has 0 atom stereocenters. The zero-order chi connectivity index (χ0) is 16.1. The van der Waals surface area contributed by atoms with Crippen LogP contribution in [-0.2, 0) is 6.42 Å². The third-order valence-corrected chi connectivity index (χ3v) is 5.68. The number of aryl methyl sites for hydroxylation is 1. The molecular formula is C20H22BrNS. The molecule has 1 nitrogen and oxygen atoms in total. The van der Waals surface area contributed by atoms with Crippen LogP contribution in [0.2, 0.25) is 0 Å². The fourth-order valence-corrected chi connectivity index (χ4v) is 4.29. The Bertz CT molecular complexity index is 761. The quantitative estimate of drug-likeness (QED) is 0.389. The van der Waals surface area contributed by atoms with E-state index in [0.29, 0.717) is 0 Å². The molecular weight excluding hydrogens is 366 g/mol. The van der Waals surface area contributed by atoms with E-state index in [2.05, 4.69) is 59.3 Å². The third-order valence-electron chi connectivity index (χ3n) is 4.12. The molecule has 0 fully saturated rings. The SMILES string of the molecule is CCCCCCCc1ccc(-c2nc3ccc(Br)cc3s2)cc1. The molecule has 23 heavy (non-hydrogen) atoms. The molecule has 0 radical (unpaired) electrons. The summed E-state index contributed by atoms with van der Waals surface area (Å²) in [5, 5.41) is 1.10. The van der Waals surface area contributed by atoms with Crippen LogP contribution in [0.5, 0.6) is 0 Å². The number of thiazole rings is 1. The first-order valence-corrected chi connectivity index (χ1v) is 10.0. The van der Waals surface area contributed by atoms with Crippen molar-refractivity contribution >= 4 is 37.5 Å². The molecule has 0 aliphatic heterocycles. The first-order valence-electron chi connectivity index (χ1n) is 8.41. The number of unbranched alkanes of at least 4 members (excludes halogenated alkanes) is 4. The summed E-state index contributed by atoms with van der Waals surface area (Å²) in [5.74, 6) is 0. The number of benzene rings is 2. The average molecular weight is 388 g/mol. The van der Waals surface area contributed by atoms with E-state index in [9.17, 15) is 0 Å². The second-order valence-corrected chi connectivity index (χ2v) is 7.94. The molecule has 0 saturated heterocycles. The van der Waals surface area contributed by atoms with Crippen molar-refractivity contribution < 1.29 is 0 Å². The van der Waals surface area contributed by atoms with Gasteiger partial charge in [0, 0.05) is 10.0 Å². The van der Waals surface area contributed by atoms with Gasteiger partial charge >= 0.3 is 0 Å². The van der Waals surface area contributed by atoms with Crippen molar-refractivity contribution in [3.8, 4) is 10.6 Å². The smallest absolute Gasteiger partial charge is 0.124 e. The molecule has 0 spiro atoms. The minimum absolute atomic E-state index is 1.08. The maximum atomic E-state index is 4.75. The van der Waals surface area contributed by atoms with Crippen molar-refractivity contribution in [3.05, 3.63) is 52.5 Å². The van der Waals surface area contributed by atoms with Crippen LogP contribution in [0, 0.1) is 0 Å². The van der Waals surface area contributed by atoms with Gasteiger partial charge in [-0.3, -0.25) is 0 Å². The van der Waals surface area contributed by atoms with Gasteiger partial charge in [-0.15, -0.1) is 11.3 Å². The molecule has 0 aliphatic rings. The van der Waals surface area contributed by atoms with Crippen molar-refractivity contribution in [3.63, 3.8) is 0 Å². The van der Waals surface area contributed by atoms with Crippen LogP contribution in [0.3, 0.4) is 0 Å². The summed E-state index contributed by atoms with van der Waals surface area (Å²) in [7, 11) is 0. The van der Waals surface area contributed by atoms with Gasteiger partial charge in [-0.1, -0.05) is 72.8 Å². The zero-order valence-electron chi connectivity index (χ0n) is 13.5. The fourth-order valence-electron chi connectivity index (χ4n) is 2.77. The van der Waals surface area contributed by atoms with Crippen LogP contribution in [0.15, 0.2) is 46.9 Å². The number of hydrogen-bond acceptors (Lipinski definition) is 2. The van der Waals surface area contributed by atoms with Gasteiger partial charge in [-0.2, -0.15) is 0 Å². The Morgan fingerprint density at radius 3 is 2.52 bits per heavy atom. The molecule has 120 valence electrons. The maximum absolute atomic E-state index is 4.75. The summed E-state index contributed by atoms with van der Waals surface area (Å²) in [6, 6.07) is 15.2. The lowest BCUT2D eigenvalue weighted by Gasteiger charge is -2.03. The largest absolute Gasteiger partial charge is 0.236 e. The van der Waals surface area contributed by atoms with Gasteiger partial charge in [0.15, 0.2) is 0 Å². The van der Waals surface area contributed by atoms with Gasteiger partial charge in [0.1, 0.15) is 5.01 Å². The van der Waals surface area contributed by atoms with Crippen LogP contribution >= 0.6 is 27.3 Å². The van der Waals surface area contributed by atoms with Crippen molar-refractivity contribution in [2.45, 2.75) is 45.4 Å². The number of nitrogens with zero attached hydrogens (tertiary/aromatic N) is 1. The third kappa shape index (κ3) is 4.42. The van der Waals surface area contributed by atoms with E-state index in [1.54, 1.807) is 11.3 Å². The van der Waals surface area contributed by atoms with Gasteiger partial charge < -0.3 is 0 Å². The highest BCUT2D eigenvalue weighted by Gasteiger charge is 2.06. The van der Waals surface area contributed by atoms with E-state index in [1.807, 2.05) is 6.07 Å². The molecule has 0 unspecified atom stereocenters. The van der Waals surface area contributed by atoms with Crippen LogP contribution in [0.1, 0.15) is 44.6 Å². The van der Waals surface area contributed by atoms with Crippen molar-refractivity contribution in [2.24, 2.45) is 0 Å².